The Morgan fingerprint density at radius 1 is 1.08 bits per heavy atom. The van der Waals surface area contributed by atoms with Crippen LogP contribution in [0.4, 0.5) is 0 Å². The van der Waals surface area contributed by atoms with Gasteiger partial charge >= 0.3 is 0 Å². The Morgan fingerprint density at radius 2 is 1.88 bits per heavy atom. The first kappa shape index (κ1) is 18.3. The fourth-order valence-corrected chi connectivity index (χ4v) is 3.91. The summed E-state index contributed by atoms with van der Waals surface area (Å²) in [6.45, 7) is 8.46. The van der Waals surface area contributed by atoms with E-state index in [-0.39, 0.29) is 0 Å². The summed E-state index contributed by atoms with van der Waals surface area (Å²) in [5.74, 6) is 0. The minimum absolute atomic E-state index is 1.09. The van der Waals surface area contributed by atoms with Crippen molar-refractivity contribution in [3.05, 3.63) is 82.6 Å². The van der Waals surface area contributed by atoms with Gasteiger partial charge in [0, 0.05) is 29.3 Å². The lowest BCUT2D eigenvalue weighted by atomic mass is 9.90. The molecule has 0 amide bonds. The van der Waals surface area contributed by atoms with Crippen LogP contribution in [0, 0.1) is 0 Å². The fourth-order valence-electron chi connectivity index (χ4n) is 3.91. The van der Waals surface area contributed by atoms with Gasteiger partial charge in [0.15, 0.2) is 0 Å². The first-order valence-corrected chi connectivity index (χ1v) is 9.52. The van der Waals surface area contributed by atoms with E-state index in [1.54, 1.807) is 0 Å². The number of nitrogens with zero attached hydrogens (tertiary/aromatic N) is 1. The zero-order chi connectivity index (χ0) is 18.7. The molecule has 0 aliphatic heterocycles. The molecule has 1 aromatic heterocycles. The predicted octanol–water partition coefficient (Wildman–Crippen LogP) is 7.01. The number of allylic oxidation sites excluding steroid dienone is 9. The number of para-hydroxylation sites is 1. The molecule has 0 saturated carbocycles. The summed E-state index contributed by atoms with van der Waals surface area (Å²) in [6.07, 6.45) is 17.6. The first-order valence-electron chi connectivity index (χ1n) is 9.52. The number of hydrogen-bond acceptors (Lipinski definition) is 0. The van der Waals surface area contributed by atoms with E-state index in [2.05, 4.69) is 100 Å². The molecule has 0 spiro atoms. The SMILES string of the molecule is C\C=C/C=C(\C=C/C)C1=Cc2c(n(C)c3c(/C(C)=C/C)cccc23)CC1. The molecule has 26 heavy (non-hydrogen) atoms. The third-order valence-corrected chi connectivity index (χ3v) is 5.37. The van der Waals surface area contributed by atoms with Gasteiger partial charge in [0.25, 0.3) is 0 Å². The van der Waals surface area contributed by atoms with Crippen LogP contribution in [0.2, 0.25) is 0 Å². The molecule has 1 aromatic carbocycles. The maximum absolute atomic E-state index is 2.41. The number of aromatic nitrogens is 1. The predicted molar refractivity (Wildman–Crippen MR) is 116 cm³/mol. The lowest BCUT2D eigenvalue weighted by Gasteiger charge is -2.16. The van der Waals surface area contributed by atoms with Gasteiger partial charge in [-0.15, -0.1) is 0 Å². The van der Waals surface area contributed by atoms with Gasteiger partial charge in [-0.05, 0) is 63.3 Å². The molecule has 1 aliphatic rings. The molecule has 2 aromatic rings. The van der Waals surface area contributed by atoms with Crippen LogP contribution in [0.3, 0.4) is 0 Å². The Kier molecular flexibility index (Phi) is 5.46. The van der Waals surface area contributed by atoms with Gasteiger partial charge in [-0.1, -0.05) is 54.7 Å². The Bertz CT molecular complexity index is 971. The van der Waals surface area contributed by atoms with E-state index in [0.717, 1.165) is 12.8 Å². The van der Waals surface area contributed by atoms with Crippen LogP contribution < -0.4 is 0 Å². The molecule has 0 N–H and O–H groups in total. The maximum atomic E-state index is 2.41. The highest BCUT2D eigenvalue weighted by atomic mass is 15.0. The fraction of sp³-hybridized carbons (Fsp3) is 0.280. The quantitative estimate of drug-likeness (QED) is 0.526. The lowest BCUT2D eigenvalue weighted by molar-refractivity contribution is 0.809. The average Bonchev–Trinajstić information content (AvgIpc) is 2.96. The second kappa shape index (κ2) is 7.78. The lowest BCUT2D eigenvalue weighted by Crippen LogP contribution is -2.04. The average molecular weight is 344 g/mol. The van der Waals surface area contributed by atoms with E-state index in [9.17, 15) is 0 Å². The minimum Gasteiger partial charge on any atom is -0.347 e. The Balaban J connectivity index is 2.23. The summed E-state index contributed by atoms with van der Waals surface area (Å²) in [6, 6.07) is 6.70. The molecule has 0 fully saturated rings. The van der Waals surface area contributed by atoms with Crippen LogP contribution in [0.25, 0.3) is 22.6 Å². The highest BCUT2D eigenvalue weighted by molar-refractivity contribution is 5.99. The molecule has 3 rings (SSSR count). The molecule has 1 heteroatoms. The van der Waals surface area contributed by atoms with E-state index in [1.165, 1.54) is 44.4 Å². The zero-order valence-electron chi connectivity index (χ0n) is 16.6. The van der Waals surface area contributed by atoms with Crippen molar-refractivity contribution >= 4 is 22.6 Å². The zero-order valence-corrected chi connectivity index (χ0v) is 16.6. The second-order valence-corrected chi connectivity index (χ2v) is 6.91. The first-order chi connectivity index (χ1) is 12.6. The van der Waals surface area contributed by atoms with Gasteiger partial charge in [0.05, 0.1) is 5.52 Å². The third-order valence-electron chi connectivity index (χ3n) is 5.37. The molecule has 0 saturated heterocycles. The molecule has 0 bridgehead atoms. The van der Waals surface area contributed by atoms with Gasteiger partial charge in [0.2, 0.25) is 0 Å². The van der Waals surface area contributed by atoms with E-state index in [1.807, 2.05) is 0 Å². The van der Waals surface area contributed by atoms with Gasteiger partial charge in [-0.25, -0.2) is 0 Å². The van der Waals surface area contributed by atoms with Crippen molar-refractivity contribution in [3.8, 4) is 0 Å². The Hall–Kier alpha value is -2.54. The summed E-state index contributed by atoms with van der Waals surface area (Å²) in [5.41, 5.74) is 9.62. The van der Waals surface area contributed by atoms with Crippen molar-refractivity contribution in [2.45, 2.75) is 40.5 Å². The summed E-state index contributed by atoms with van der Waals surface area (Å²) in [7, 11) is 2.22. The van der Waals surface area contributed by atoms with E-state index >= 15 is 0 Å². The van der Waals surface area contributed by atoms with Crippen LogP contribution in [-0.2, 0) is 13.5 Å². The van der Waals surface area contributed by atoms with Gasteiger partial charge < -0.3 is 4.57 Å². The maximum Gasteiger partial charge on any atom is 0.0562 e. The Labute approximate surface area is 157 Å². The van der Waals surface area contributed by atoms with Crippen molar-refractivity contribution in [1.29, 1.82) is 0 Å². The van der Waals surface area contributed by atoms with Crippen molar-refractivity contribution in [3.63, 3.8) is 0 Å². The molecule has 134 valence electrons. The van der Waals surface area contributed by atoms with Crippen LogP contribution in [-0.4, -0.2) is 4.57 Å². The number of benzene rings is 1. The molecule has 1 heterocycles. The van der Waals surface area contributed by atoms with E-state index < -0.39 is 0 Å². The normalized spacial score (nSPS) is 16.0. The second-order valence-electron chi connectivity index (χ2n) is 6.91. The highest BCUT2D eigenvalue weighted by Crippen LogP contribution is 2.37. The highest BCUT2D eigenvalue weighted by Gasteiger charge is 2.21. The monoisotopic (exact) mass is 343 g/mol. The van der Waals surface area contributed by atoms with E-state index in [4.69, 9.17) is 0 Å². The van der Waals surface area contributed by atoms with Crippen molar-refractivity contribution in [1.82, 2.24) is 4.57 Å². The number of rotatable bonds is 4. The topological polar surface area (TPSA) is 4.93 Å². The molecule has 0 radical (unpaired) electrons. The summed E-state index contributed by atoms with van der Waals surface area (Å²) in [5, 5.41) is 1.37. The van der Waals surface area contributed by atoms with Crippen molar-refractivity contribution in [2.24, 2.45) is 7.05 Å². The molecule has 0 atom stereocenters. The van der Waals surface area contributed by atoms with Crippen LogP contribution in [0.1, 0.15) is 50.9 Å². The smallest absolute Gasteiger partial charge is 0.0562 e. The summed E-state index contributed by atoms with van der Waals surface area (Å²) in [4.78, 5) is 0. The molecule has 1 aliphatic carbocycles. The van der Waals surface area contributed by atoms with Crippen molar-refractivity contribution < 1.29 is 0 Å². The molecule has 0 unspecified atom stereocenters. The van der Waals surface area contributed by atoms with Gasteiger partial charge in [-0.2, -0.15) is 0 Å². The van der Waals surface area contributed by atoms with Gasteiger partial charge in [0.1, 0.15) is 0 Å². The largest absolute Gasteiger partial charge is 0.347 e. The number of aryl methyl sites for hydroxylation is 1. The number of fused-ring (bicyclic) bond motifs is 3. The summed E-state index contributed by atoms with van der Waals surface area (Å²) >= 11 is 0. The third kappa shape index (κ3) is 3.14. The molecular weight excluding hydrogens is 314 g/mol. The summed E-state index contributed by atoms with van der Waals surface area (Å²) < 4.78 is 2.41. The molecular formula is C25H29N. The van der Waals surface area contributed by atoms with Gasteiger partial charge in [-0.3, -0.25) is 0 Å². The Morgan fingerprint density at radius 3 is 2.58 bits per heavy atom. The van der Waals surface area contributed by atoms with Crippen LogP contribution in [0.15, 0.2) is 65.8 Å². The van der Waals surface area contributed by atoms with Crippen LogP contribution >= 0.6 is 0 Å². The minimum atomic E-state index is 1.09. The number of hydrogen-bond donors (Lipinski definition) is 0. The molecule has 1 nitrogen and oxygen atoms in total. The van der Waals surface area contributed by atoms with Crippen LogP contribution in [0.5, 0.6) is 0 Å². The standard InChI is InChI=1S/C25H29N/c1-6-9-12-19(11-7-2)20-15-16-24-23(17-20)22-14-10-13-21(18(4)8-3)25(22)26(24)5/h6-14,17H,15-16H2,1-5H3/b9-6-,11-7-,18-8+,19-12+. The van der Waals surface area contributed by atoms with E-state index in [0.29, 0.717) is 0 Å². The van der Waals surface area contributed by atoms with Crippen molar-refractivity contribution in [2.75, 3.05) is 0 Å².